The lowest BCUT2D eigenvalue weighted by atomic mass is 9.90. The third-order valence-corrected chi connectivity index (χ3v) is 4.49. The van der Waals surface area contributed by atoms with Crippen LogP contribution in [0.5, 0.6) is 0 Å². The van der Waals surface area contributed by atoms with Crippen LogP contribution in [0.15, 0.2) is 48.5 Å². The maximum atomic E-state index is 12.5. The second-order valence-corrected chi connectivity index (χ2v) is 6.12. The van der Waals surface area contributed by atoms with E-state index in [2.05, 4.69) is 11.4 Å². The standard InChI is InChI=1S/C20H19N3O2/c1-14(24)23-11-10-16-4-2-3-5-18(16)19(23)12-20(25)22-17-8-6-15(13-21)7-9-17/h2-9,19H,10-12H2,1H3,(H,22,25). The Hall–Kier alpha value is -3.13. The quantitative estimate of drug-likeness (QED) is 0.938. The Bertz CT molecular complexity index is 837. The number of amides is 2. The van der Waals surface area contributed by atoms with Crippen LogP contribution in [0.4, 0.5) is 5.69 Å². The molecule has 3 rings (SSSR count). The van der Waals surface area contributed by atoms with Gasteiger partial charge in [0.2, 0.25) is 11.8 Å². The van der Waals surface area contributed by atoms with E-state index in [9.17, 15) is 9.59 Å². The van der Waals surface area contributed by atoms with Gasteiger partial charge < -0.3 is 10.2 Å². The van der Waals surface area contributed by atoms with Crippen molar-refractivity contribution in [3.05, 3.63) is 65.2 Å². The second-order valence-electron chi connectivity index (χ2n) is 6.12. The molecular weight excluding hydrogens is 314 g/mol. The molecule has 25 heavy (non-hydrogen) atoms. The molecular formula is C20H19N3O2. The lowest BCUT2D eigenvalue weighted by Crippen LogP contribution is -2.40. The van der Waals surface area contributed by atoms with Crippen molar-refractivity contribution in [2.75, 3.05) is 11.9 Å². The third kappa shape index (κ3) is 3.69. The topological polar surface area (TPSA) is 73.2 Å². The van der Waals surface area contributed by atoms with E-state index < -0.39 is 0 Å². The highest BCUT2D eigenvalue weighted by atomic mass is 16.2. The monoisotopic (exact) mass is 333 g/mol. The highest BCUT2D eigenvalue weighted by molar-refractivity contribution is 5.91. The SMILES string of the molecule is CC(=O)N1CCc2ccccc2C1CC(=O)Nc1ccc(C#N)cc1. The molecule has 2 aromatic rings. The van der Waals surface area contributed by atoms with E-state index in [1.54, 1.807) is 36.1 Å². The molecule has 126 valence electrons. The van der Waals surface area contributed by atoms with E-state index in [-0.39, 0.29) is 24.3 Å². The molecule has 2 amide bonds. The van der Waals surface area contributed by atoms with Crippen LogP contribution < -0.4 is 5.32 Å². The molecule has 1 unspecified atom stereocenters. The minimum absolute atomic E-state index is 0.0225. The van der Waals surface area contributed by atoms with Crippen LogP contribution in [0.3, 0.4) is 0 Å². The molecule has 0 fully saturated rings. The first kappa shape index (κ1) is 16.7. The minimum Gasteiger partial charge on any atom is -0.335 e. The zero-order chi connectivity index (χ0) is 17.8. The summed E-state index contributed by atoms with van der Waals surface area (Å²) in [6.07, 6.45) is 1.01. The van der Waals surface area contributed by atoms with Gasteiger partial charge in [0.25, 0.3) is 0 Å². The summed E-state index contributed by atoms with van der Waals surface area (Å²) in [5.41, 5.74) is 3.42. The molecule has 0 bridgehead atoms. The largest absolute Gasteiger partial charge is 0.335 e. The predicted molar refractivity (Wildman–Crippen MR) is 94.7 cm³/mol. The van der Waals surface area contributed by atoms with Gasteiger partial charge in [-0.15, -0.1) is 0 Å². The predicted octanol–water partition coefficient (Wildman–Crippen LogP) is 3.03. The Morgan fingerprint density at radius 3 is 2.60 bits per heavy atom. The first-order valence-electron chi connectivity index (χ1n) is 8.23. The summed E-state index contributed by atoms with van der Waals surface area (Å²) in [4.78, 5) is 26.3. The molecule has 1 heterocycles. The number of hydrogen-bond acceptors (Lipinski definition) is 3. The number of anilines is 1. The van der Waals surface area contributed by atoms with Crippen LogP contribution in [0.2, 0.25) is 0 Å². The van der Waals surface area contributed by atoms with Crippen LogP contribution in [0.1, 0.15) is 36.1 Å². The number of fused-ring (bicyclic) bond motifs is 1. The van der Waals surface area contributed by atoms with E-state index in [0.29, 0.717) is 17.8 Å². The van der Waals surface area contributed by atoms with E-state index in [0.717, 1.165) is 12.0 Å². The fourth-order valence-electron chi connectivity index (χ4n) is 3.26. The number of rotatable bonds is 3. The number of benzene rings is 2. The maximum absolute atomic E-state index is 12.5. The molecule has 0 saturated heterocycles. The van der Waals surface area contributed by atoms with Crippen LogP contribution in [-0.4, -0.2) is 23.3 Å². The van der Waals surface area contributed by atoms with Gasteiger partial charge in [-0.3, -0.25) is 9.59 Å². The molecule has 1 N–H and O–H groups in total. The Balaban J connectivity index is 1.77. The molecule has 0 saturated carbocycles. The van der Waals surface area contributed by atoms with Crippen molar-refractivity contribution in [1.82, 2.24) is 4.90 Å². The molecule has 5 nitrogen and oxygen atoms in total. The van der Waals surface area contributed by atoms with Gasteiger partial charge in [-0.25, -0.2) is 0 Å². The van der Waals surface area contributed by atoms with E-state index in [1.807, 2.05) is 24.3 Å². The van der Waals surface area contributed by atoms with Crippen molar-refractivity contribution in [2.45, 2.75) is 25.8 Å². The second kappa shape index (κ2) is 7.18. The summed E-state index contributed by atoms with van der Waals surface area (Å²) in [5.74, 6) is -0.177. The van der Waals surface area contributed by atoms with Crippen LogP contribution in [0, 0.1) is 11.3 Å². The lowest BCUT2D eigenvalue weighted by molar-refractivity contribution is -0.132. The van der Waals surface area contributed by atoms with Crippen LogP contribution >= 0.6 is 0 Å². The van der Waals surface area contributed by atoms with Gasteiger partial charge in [0.05, 0.1) is 24.1 Å². The van der Waals surface area contributed by atoms with Crippen molar-refractivity contribution >= 4 is 17.5 Å². The number of nitriles is 1. The number of carbonyl (C=O) groups is 2. The van der Waals surface area contributed by atoms with Crippen molar-refractivity contribution < 1.29 is 9.59 Å². The van der Waals surface area contributed by atoms with Gasteiger partial charge in [-0.1, -0.05) is 24.3 Å². The zero-order valence-corrected chi connectivity index (χ0v) is 14.0. The Morgan fingerprint density at radius 1 is 1.20 bits per heavy atom. The average Bonchev–Trinajstić information content (AvgIpc) is 2.62. The van der Waals surface area contributed by atoms with Crippen LogP contribution in [0.25, 0.3) is 0 Å². The number of nitrogens with zero attached hydrogens (tertiary/aromatic N) is 2. The number of carbonyl (C=O) groups excluding carboxylic acids is 2. The Kier molecular flexibility index (Phi) is 4.80. The fourth-order valence-corrected chi connectivity index (χ4v) is 3.26. The van der Waals surface area contributed by atoms with Gasteiger partial charge in [-0.2, -0.15) is 5.26 Å². The maximum Gasteiger partial charge on any atom is 0.226 e. The van der Waals surface area contributed by atoms with Gasteiger partial charge in [0, 0.05) is 19.2 Å². The summed E-state index contributed by atoms with van der Waals surface area (Å²) in [5, 5.41) is 11.7. The average molecular weight is 333 g/mol. The van der Waals surface area contributed by atoms with E-state index in [1.165, 1.54) is 5.56 Å². The molecule has 2 aromatic carbocycles. The third-order valence-electron chi connectivity index (χ3n) is 4.49. The van der Waals surface area contributed by atoms with E-state index >= 15 is 0 Å². The smallest absolute Gasteiger partial charge is 0.226 e. The molecule has 0 aliphatic carbocycles. The Labute approximate surface area is 146 Å². The van der Waals surface area contributed by atoms with Crippen LogP contribution in [-0.2, 0) is 16.0 Å². The Morgan fingerprint density at radius 2 is 1.92 bits per heavy atom. The molecule has 0 spiro atoms. The summed E-state index contributed by atoms with van der Waals surface area (Å²) in [6.45, 7) is 2.17. The summed E-state index contributed by atoms with van der Waals surface area (Å²) in [7, 11) is 0. The molecule has 0 aromatic heterocycles. The molecule has 0 radical (unpaired) electrons. The molecule has 5 heteroatoms. The normalized spacial score (nSPS) is 15.8. The fraction of sp³-hybridized carbons (Fsp3) is 0.250. The first-order chi connectivity index (χ1) is 12.1. The summed E-state index contributed by atoms with van der Waals surface area (Å²) >= 11 is 0. The van der Waals surface area contributed by atoms with Gasteiger partial charge in [0.1, 0.15) is 0 Å². The van der Waals surface area contributed by atoms with Gasteiger partial charge in [0.15, 0.2) is 0 Å². The van der Waals surface area contributed by atoms with E-state index in [4.69, 9.17) is 5.26 Å². The first-order valence-corrected chi connectivity index (χ1v) is 8.23. The summed E-state index contributed by atoms with van der Waals surface area (Å²) in [6, 6.07) is 16.5. The van der Waals surface area contributed by atoms with Gasteiger partial charge in [-0.05, 0) is 41.8 Å². The number of nitrogens with one attached hydrogen (secondary N) is 1. The molecule has 1 atom stereocenters. The zero-order valence-electron chi connectivity index (χ0n) is 14.0. The van der Waals surface area contributed by atoms with Crippen molar-refractivity contribution in [2.24, 2.45) is 0 Å². The molecule has 1 aliphatic heterocycles. The molecule has 1 aliphatic rings. The summed E-state index contributed by atoms with van der Waals surface area (Å²) < 4.78 is 0. The highest BCUT2D eigenvalue weighted by Crippen LogP contribution is 2.32. The van der Waals surface area contributed by atoms with Crippen molar-refractivity contribution in [3.63, 3.8) is 0 Å². The highest BCUT2D eigenvalue weighted by Gasteiger charge is 2.30. The van der Waals surface area contributed by atoms with Gasteiger partial charge >= 0.3 is 0 Å². The lowest BCUT2D eigenvalue weighted by Gasteiger charge is -2.36. The minimum atomic E-state index is -0.249. The van der Waals surface area contributed by atoms with Crippen molar-refractivity contribution in [1.29, 1.82) is 5.26 Å². The number of hydrogen-bond donors (Lipinski definition) is 1. The van der Waals surface area contributed by atoms with Crippen molar-refractivity contribution in [3.8, 4) is 6.07 Å².